The van der Waals surface area contributed by atoms with Crippen LogP contribution in [0.15, 0.2) is 12.4 Å². The molecule has 0 radical (unpaired) electrons. The lowest BCUT2D eigenvalue weighted by molar-refractivity contribution is 0.219. The Morgan fingerprint density at radius 3 is 2.94 bits per heavy atom. The molecule has 1 fully saturated rings. The highest BCUT2D eigenvalue weighted by molar-refractivity contribution is 5.30. The molecule has 18 heavy (non-hydrogen) atoms. The molecule has 1 aromatic heterocycles. The van der Waals surface area contributed by atoms with Gasteiger partial charge in [-0.3, -0.25) is 9.88 Å². The zero-order valence-electron chi connectivity index (χ0n) is 11.0. The van der Waals surface area contributed by atoms with Crippen LogP contribution < -0.4 is 5.32 Å². The van der Waals surface area contributed by atoms with Crippen molar-refractivity contribution in [3.63, 3.8) is 0 Å². The lowest BCUT2D eigenvalue weighted by Gasteiger charge is -2.14. The topological polar surface area (TPSA) is 61.3 Å². The third kappa shape index (κ3) is 3.65. The van der Waals surface area contributed by atoms with Crippen molar-refractivity contribution in [3.05, 3.63) is 18.1 Å². The van der Waals surface area contributed by atoms with Gasteiger partial charge in [-0.05, 0) is 25.3 Å². The fourth-order valence-electron chi connectivity index (χ4n) is 2.22. The Morgan fingerprint density at radius 1 is 1.44 bits per heavy atom. The zero-order valence-corrected chi connectivity index (χ0v) is 11.0. The molecule has 5 heteroatoms. The van der Waals surface area contributed by atoms with Gasteiger partial charge in [-0.1, -0.05) is 6.92 Å². The normalized spacial score (nSPS) is 20.2. The first-order valence-electron chi connectivity index (χ1n) is 6.69. The summed E-state index contributed by atoms with van der Waals surface area (Å²) in [6, 6.07) is 0. The summed E-state index contributed by atoms with van der Waals surface area (Å²) in [6.45, 7) is 6.19. The fraction of sp³-hybridized carbons (Fsp3) is 0.692. The monoisotopic (exact) mass is 250 g/mol. The predicted molar refractivity (Wildman–Crippen MR) is 71.3 cm³/mol. The molecule has 0 aromatic carbocycles. The number of anilines is 1. The first kappa shape index (κ1) is 13.2. The second kappa shape index (κ2) is 6.66. The summed E-state index contributed by atoms with van der Waals surface area (Å²) in [7, 11) is 0. The zero-order chi connectivity index (χ0) is 12.8. The highest BCUT2D eigenvalue weighted by atomic mass is 16.3. The van der Waals surface area contributed by atoms with E-state index in [1.165, 1.54) is 0 Å². The van der Waals surface area contributed by atoms with Gasteiger partial charge >= 0.3 is 0 Å². The van der Waals surface area contributed by atoms with Gasteiger partial charge in [0, 0.05) is 26.2 Å². The van der Waals surface area contributed by atoms with Gasteiger partial charge in [0.2, 0.25) is 0 Å². The van der Waals surface area contributed by atoms with Crippen LogP contribution in [0.25, 0.3) is 0 Å². The average Bonchev–Trinajstić information content (AvgIpc) is 2.86. The van der Waals surface area contributed by atoms with Crippen molar-refractivity contribution in [2.45, 2.75) is 26.3 Å². The van der Waals surface area contributed by atoms with Crippen LogP contribution in [-0.2, 0) is 6.54 Å². The number of nitrogens with zero attached hydrogens (tertiary/aromatic N) is 3. The molecule has 2 rings (SSSR count). The number of nitrogens with one attached hydrogen (secondary N) is 1. The maximum atomic E-state index is 9.11. The number of aliphatic hydroxyl groups excluding tert-OH is 1. The van der Waals surface area contributed by atoms with Crippen LogP contribution in [0.3, 0.4) is 0 Å². The SMILES string of the molecule is CCCNc1cnc(CN2CCC(CO)C2)cn1. The van der Waals surface area contributed by atoms with Crippen LogP contribution in [0, 0.1) is 5.92 Å². The first-order chi connectivity index (χ1) is 8.81. The fourth-order valence-corrected chi connectivity index (χ4v) is 2.22. The van der Waals surface area contributed by atoms with E-state index in [9.17, 15) is 0 Å². The van der Waals surface area contributed by atoms with E-state index >= 15 is 0 Å². The molecule has 0 bridgehead atoms. The Balaban J connectivity index is 1.83. The van der Waals surface area contributed by atoms with Gasteiger partial charge in [-0.2, -0.15) is 0 Å². The molecule has 1 unspecified atom stereocenters. The first-order valence-corrected chi connectivity index (χ1v) is 6.69. The molecule has 0 saturated carbocycles. The smallest absolute Gasteiger partial charge is 0.144 e. The molecule has 1 aliphatic heterocycles. The molecule has 1 saturated heterocycles. The van der Waals surface area contributed by atoms with Crippen molar-refractivity contribution in [1.29, 1.82) is 0 Å². The van der Waals surface area contributed by atoms with Crippen molar-refractivity contribution in [3.8, 4) is 0 Å². The Hall–Kier alpha value is -1.20. The lowest BCUT2D eigenvalue weighted by atomic mass is 10.1. The number of hydrogen-bond acceptors (Lipinski definition) is 5. The summed E-state index contributed by atoms with van der Waals surface area (Å²) >= 11 is 0. The minimum Gasteiger partial charge on any atom is -0.396 e. The third-order valence-corrected chi connectivity index (χ3v) is 3.28. The van der Waals surface area contributed by atoms with Crippen LogP contribution in [0.2, 0.25) is 0 Å². The maximum Gasteiger partial charge on any atom is 0.144 e. The minimum atomic E-state index is 0.294. The molecular weight excluding hydrogens is 228 g/mol. The summed E-state index contributed by atoms with van der Waals surface area (Å²) in [5, 5.41) is 12.3. The molecule has 0 aliphatic carbocycles. The quantitative estimate of drug-likeness (QED) is 0.792. The van der Waals surface area contributed by atoms with Gasteiger partial charge < -0.3 is 10.4 Å². The van der Waals surface area contributed by atoms with Crippen molar-refractivity contribution in [1.82, 2.24) is 14.9 Å². The Kier molecular flexibility index (Phi) is 4.90. The molecule has 1 atom stereocenters. The number of aromatic nitrogens is 2. The molecule has 1 aliphatic rings. The molecule has 0 spiro atoms. The van der Waals surface area contributed by atoms with E-state index in [0.29, 0.717) is 12.5 Å². The number of aliphatic hydroxyl groups is 1. The van der Waals surface area contributed by atoms with E-state index < -0.39 is 0 Å². The van der Waals surface area contributed by atoms with Gasteiger partial charge in [-0.25, -0.2) is 4.98 Å². The Labute approximate surface area is 108 Å². The molecular formula is C13H22N4O. The third-order valence-electron chi connectivity index (χ3n) is 3.28. The minimum absolute atomic E-state index is 0.294. The van der Waals surface area contributed by atoms with E-state index in [-0.39, 0.29) is 0 Å². The largest absolute Gasteiger partial charge is 0.396 e. The van der Waals surface area contributed by atoms with Gasteiger partial charge in [0.15, 0.2) is 0 Å². The van der Waals surface area contributed by atoms with Gasteiger partial charge in [0.05, 0.1) is 18.1 Å². The van der Waals surface area contributed by atoms with Gasteiger partial charge in [0.1, 0.15) is 5.82 Å². The van der Waals surface area contributed by atoms with Crippen molar-refractivity contribution in [2.24, 2.45) is 5.92 Å². The average molecular weight is 250 g/mol. The van der Waals surface area contributed by atoms with Crippen molar-refractivity contribution < 1.29 is 5.11 Å². The molecule has 0 amide bonds. The van der Waals surface area contributed by atoms with Crippen molar-refractivity contribution in [2.75, 3.05) is 31.6 Å². The van der Waals surface area contributed by atoms with Crippen LogP contribution >= 0.6 is 0 Å². The number of rotatable bonds is 6. The summed E-state index contributed by atoms with van der Waals surface area (Å²) in [4.78, 5) is 11.1. The summed E-state index contributed by atoms with van der Waals surface area (Å²) < 4.78 is 0. The highest BCUT2D eigenvalue weighted by Crippen LogP contribution is 2.17. The number of hydrogen-bond donors (Lipinski definition) is 2. The lowest BCUT2D eigenvalue weighted by Crippen LogP contribution is -2.21. The van der Waals surface area contributed by atoms with Crippen LogP contribution in [0.5, 0.6) is 0 Å². The standard InChI is InChI=1S/C13H22N4O/c1-2-4-14-13-7-15-12(6-16-13)9-17-5-3-11(8-17)10-18/h6-7,11,18H,2-5,8-10H2,1H3,(H,14,16). The molecule has 2 heterocycles. The molecule has 2 N–H and O–H groups in total. The van der Waals surface area contributed by atoms with E-state index in [0.717, 1.165) is 50.5 Å². The van der Waals surface area contributed by atoms with Crippen LogP contribution in [0.4, 0.5) is 5.82 Å². The van der Waals surface area contributed by atoms with Gasteiger partial charge in [0.25, 0.3) is 0 Å². The molecule has 100 valence electrons. The second-order valence-electron chi connectivity index (χ2n) is 4.89. The van der Waals surface area contributed by atoms with Crippen molar-refractivity contribution >= 4 is 5.82 Å². The van der Waals surface area contributed by atoms with Gasteiger partial charge in [-0.15, -0.1) is 0 Å². The van der Waals surface area contributed by atoms with E-state index in [2.05, 4.69) is 27.1 Å². The Morgan fingerprint density at radius 2 is 2.33 bits per heavy atom. The molecule has 1 aromatic rings. The number of likely N-dealkylation sites (tertiary alicyclic amines) is 1. The van der Waals surface area contributed by atoms with Crippen LogP contribution in [-0.4, -0.2) is 46.2 Å². The summed E-state index contributed by atoms with van der Waals surface area (Å²) in [6.07, 6.45) is 5.80. The Bertz CT molecular complexity index is 355. The highest BCUT2D eigenvalue weighted by Gasteiger charge is 2.21. The predicted octanol–water partition coefficient (Wildman–Crippen LogP) is 1.11. The maximum absolute atomic E-state index is 9.11. The van der Waals surface area contributed by atoms with E-state index in [1.807, 2.05) is 6.20 Å². The second-order valence-corrected chi connectivity index (χ2v) is 4.89. The van der Waals surface area contributed by atoms with E-state index in [1.54, 1.807) is 6.20 Å². The molecule has 5 nitrogen and oxygen atoms in total. The summed E-state index contributed by atoms with van der Waals surface area (Å²) in [5.74, 6) is 1.28. The summed E-state index contributed by atoms with van der Waals surface area (Å²) in [5.41, 5.74) is 0.996. The van der Waals surface area contributed by atoms with E-state index in [4.69, 9.17) is 5.11 Å². The van der Waals surface area contributed by atoms with Crippen LogP contribution in [0.1, 0.15) is 25.5 Å².